The molecule has 4 heavy (non-hydrogen) atoms. The van der Waals surface area contributed by atoms with E-state index in [1.165, 1.54) is 0 Å². The Morgan fingerprint density at radius 2 is 1.25 bits per heavy atom. The standard InChI is InChI=1S/Mn.2O.H2Se/h;;;1H2. The van der Waals surface area contributed by atoms with Crippen LogP contribution in [0.3, 0.4) is 0 Å². The Hall–Kier alpha value is 0.639. The van der Waals surface area contributed by atoms with Crippen molar-refractivity contribution in [2.75, 3.05) is 0 Å². The molecule has 0 heterocycles. The zero-order chi connectivity index (χ0) is 2.71. The van der Waals surface area contributed by atoms with Crippen LogP contribution in [0.5, 0.6) is 0 Å². The molecule has 27 valence electrons. The fourth-order valence-corrected chi connectivity index (χ4v) is 0. The van der Waals surface area contributed by atoms with E-state index in [2.05, 4.69) is 0 Å². The van der Waals surface area contributed by atoms with Gasteiger partial charge in [0.1, 0.15) is 0 Å². The van der Waals surface area contributed by atoms with Crippen molar-refractivity contribution in [3.8, 4) is 0 Å². The summed E-state index contributed by atoms with van der Waals surface area (Å²) in [4.78, 5) is 0. The number of hydrogen-bond acceptors (Lipinski definition) is 2. The second-order valence-electron chi connectivity index (χ2n) is 0.0630. The molecule has 0 radical (unpaired) electrons. The summed E-state index contributed by atoms with van der Waals surface area (Å²) >= 11 is -1.44. The molecule has 0 N–H and O–H groups in total. The molecule has 4 heteroatoms. The van der Waals surface area contributed by atoms with Crippen molar-refractivity contribution < 1.29 is 22.5 Å². The average Bonchev–Trinajstić information content (AvgIpc) is 0.918. The Balaban J connectivity index is 0. The van der Waals surface area contributed by atoms with E-state index < -0.39 is 14.8 Å². The van der Waals surface area contributed by atoms with E-state index in [1.54, 1.807) is 0 Å². The van der Waals surface area contributed by atoms with Gasteiger partial charge in [-0.3, -0.25) is 0 Å². The van der Waals surface area contributed by atoms with Crippen LogP contribution in [-0.4, -0.2) is 17.1 Å². The van der Waals surface area contributed by atoms with Gasteiger partial charge >= 0.3 is 39.6 Å². The zero-order valence-electron chi connectivity index (χ0n) is 1.69. The molecule has 0 aliphatic rings. The van der Waals surface area contributed by atoms with Crippen LogP contribution in [0.1, 0.15) is 0 Å². The second kappa shape index (κ2) is 9.43. The predicted octanol–water partition coefficient (Wildman–Crippen LogP) is -1.16. The first kappa shape index (κ1) is 8.82. The summed E-state index contributed by atoms with van der Waals surface area (Å²) in [6, 6.07) is 0. The minimum absolute atomic E-state index is 0. The van der Waals surface area contributed by atoms with Crippen LogP contribution in [0.15, 0.2) is 0 Å². The molecule has 0 unspecified atom stereocenters. The maximum atomic E-state index is 8.41. The summed E-state index contributed by atoms with van der Waals surface area (Å²) in [5.74, 6) is 0. The molecule has 0 spiro atoms. The molecule has 0 aromatic heterocycles. The molecular weight excluding hydrogens is 166 g/mol. The quantitative estimate of drug-likeness (QED) is 0.427. The fraction of sp³-hybridized carbons (Fsp3) is 0. The molecule has 0 fully saturated rings. The fourth-order valence-electron chi connectivity index (χ4n) is 0. The number of hydrogen-bond donors (Lipinski definition) is 0. The summed E-state index contributed by atoms with van der Waals surface area (Å²) in [7, 11) is 0. The first-order valence-corrected chi connectivity index (χ1v) is 1.27. The topological polar surface area (TPSA) is 34.1 Å². The van der Waals surface area contributed by atoms with E-state index in [1.807, 2.05) is 0 Å². The Labute approximate surface area is 40.0 Å². The van der Waals surface area contributed by atoms with Crippen LogP contribution in [-0.2, 0) is 22.5 Å². The molecule has 2 nitrogen and oxygen atoms in total. The third-order valence-electron chi connectivity index (χ3n) is 0. The third kappa shape index (κ3) is 17.4. The van der Waals surface area contributed by atoms with Gasteiger partial charge in [-0.15, -0.1) is 0 Å². The van der Waals surface area contributed by atoms with Crippen LogP contribution in [0, 0.1) is 0 Å². The molecule has 0 amide bonds. The summed E-state index contributed by atoms with van der Waals surface area (Å²) in [5, 5.41) is 0. The molecular formula is H2MnO2Se. The normalized spacial score (nSPS) is 3.00. The Morgan fingerprint density at radius 3 is 1.25 bits per heavy atom. The van der Waals surface area contributed by atoms with Gasteiger partial charge in [-0.1, -0.05) is 0 Å². The average molecular weight is 168 g/mol. The van der Waals surface area contributed by atoms with Crippen molar-refractivity contribution in [2.24, 2.45) is 0 Å². The van der Waals surface area contributed by atoms with Crippen molar-refractivity contribution in [3.63, 3.8) is 0 Å². The Morgan fingerprint density at radius 1 is 1.25 bits per heavy atom. The van der Waals surface area contributed by atoms with Crippen LogP contribution >= 0.6 is 0 Å². The monoisotopic (exact) mass is 169 g/mol. The summed E-state index contributed by atoms with van der Waals surface area (Å²) < 4.78 is 16.8. The minimum atomic E-state index is -1.44. The van der Waals surface area contributed by atoms with Gasteiger partial charge in [0.25, 0.3) is 0 Å². The molecule has 0 atom stereocenters. The van der Waals surface area contributed by atoms with Gasteiger partial charge in [-0.05, 0) is 0 Å². The van der Waals surface area contributed by atoms with Crippen molar-refractivity contribution in [2.45, 2.75) is 0 Å². The molecule has 0 bridgehead atoms. The van der Waals surface area contributed by atoms with E-state index in [9.17, 15) is 0 Å². The van der Waals surface area contributed by atoms with E-state index in [0.29, 0.717) is 0 Å². The van der Waals surface area contributed by atoms with Gasteiger partial charge in [-0.25, -0.2) is 0 Å². The van der Waals surface area contributed by atoms with Crippen LogP contribution in [0.25, 0.3) is 0 Å². The Kier molecular flexibility index (Phi) is 20.8. The van der Waals surface area contributed by atoms with Gasteiger partial charge in [0.2, 0.25) is 0 Å². The van der Waals surface area contributed by atoms with Crippen molar-refractivity contribution in [1.82, 2.24) is 0 Å². The van der Waals surface area contributed by atoms with Gasteiger partial charge in [-0.2, -0.15) is 0 Å². The van der Waals surface area contributed by atoms with Crippen molar-refractivity contribution in [1.29, 1.82) is 0 Å². The molecule has 0 saturated carbocycles. The molecule has 0 aliphatic heterocycles. The van der Waals surface area contributed by atoms with Crippen molar-refractivity contribution >= 4 is 17.1 Å². The first-order chi connectivity index (χ1) is 1.41. The molecule has 0 rings (SSSR count). The second-order valence-corrected chi connectivity index (χ2v) is 0.260. The summed E-state index contributed by atoms with van der Waals surface area (Å²) in [5.41, 5.74) is 0. The van der Waals surface area contributed by atoms with E-state index in [0.717, 1.165) is 0 Å². The van der Waals surface area contributed by atoms with Crippen LogP contribution in [0.2, 0.25) is 0 Å². The SMILES string of the molecule is [O]=[Mn]=[O].[SeH2]. The maximum absolute atomic E-state index is 8.41. The van der Waals surface area contributed by atoms with E-state index in [4.69, 9.17) is 7.67 Å². The molecule has 0 aromatic rings. The summed E-state index contributed by atoms with van der Waals surface area (Å²) in [6.45, 7) is 0. The molecule has 0 aliphatic carbocycles. The van der Waals surface area contributed by atoms with Gasteiger partial charge in [0.05, 0.1) is 0 Å². The number of rotatable bonds is 0. The van der Waals surface area contributed by atoms with Crippen LogP contribution in [0.4, 0.5) is 0 Å². The van der Waals surface area contributed by atoms with E-state index in [-0.39, 0.29) is 17.1 Å². The van der Waals surface area contributed by atoms with Gasteiger partial charge < -0.3 is 0 Å². The van der Waals surface area contributed by atoms with Gasteiger partial charge in [0.15, 0.2) is 0 Å². The molecule has 0 saturated heterocycles. The zero-order valence-corrected chi connectivity index (χ0v) is 4.97. The van der Waals surface area contributed by atoms with E-state index >= 15 is 0 Å². The van der Waals surface area contributed by atoms with Gasteiger partial charge in [0, 0.05) is 0 Å². The first-order valence-electron chi connectivity index (χ1n) is 0.309. The predicted molar refractivity (Wildman–Crippen MR) is 9.92 cm³/mol. The van der Waals surface area contributed by atoms with Crippen molar-refractivity contribution in [3.05, 3.63) is 0 Å². The third-order valence-corrected chi connectivity index (χ3v) is 0. The summed E-state index contributed by atoms with van der Waals surface area (Å²) in [6.07, 6.45) is 0. The Bertz CT molecular complexity index is 27.0. The molecule has 0 aromatic carbocycles. The van der Waals surface area contributed by atoms with Crippen LogP contribution < -0.4 is 0 Å².